The van der Waals surface area contributed by atoms with Gasteiger partial charge in [0.15, 0.2) is 6.61 Å². The van der Waals surface area contributed by atoms with Crippen molar-refractivity contribution in [3.05, 3.63) is 65.2 Å². The predicted octanol–water partition coefficient (Wildman–Crippen LogP) is 2.02. The van der Waals surface area contributed by atoms with E-state index < -0.39 is 17.8 Å². The first-order chi connectivity index (χ1) is 13.4. The number of carboxylic acids is 1. The fraction of sp³-hybridized carbons (Fsp3) is 0.286. The quantitative estimate of drug-likeness (QED) is 0.651. The Kier molecular flexibility index (Phi) is 7.56. The van der Waals surface area contributed by atoms with Crippen LogP contribution in [0.25, 0.3) is 0 Å². The Morgan fingerprint density at radius 3 is 2.46 bits per heavy atom. The van der Waals surface area contributed by atoms with Crippen LogP contribution in [0.1, 0.15) is 27.9 Å². The molecule has 0 spiro atoms. The SMILES string of the molecule is Cc1ccc(C(=O)O)c(OCC(=O)N(CCCc2ccccc2)CC(N)=O)c1. The highest BCUT2D eigenvalue weighted by molar-refractivity contribution is 5.91. The minimum atomic E-state index is -1.14. The van der Waals surface area contributed by atoms with Gasteiger partial charge < -0.3 is 20.5 Å². The first-order valence-electron chi connectivity index (χ1n) is 8.93. The van der Waals surface area contributed by atoms with Gasteiger partial charge in [-0.15, -0.1) is 0 Å². The number of carbonyl (C=O) groups is 3. The Bertz CT molecular complexity index is 836. The van der Waals surface area contributed by atoms with Gasteiger partial charge in [0.05, 0.1) is 6.54 Å². The molecule has 28 heavy (non-hydrogen) atoms. The van der Waals surface area contributed by atoms with Crippen LogP contribution in [0.2, 0.25) is 0 Å². The van der Waals surface area contributed by atoms with E-state index in [1.807, 2.05) is 30.3 Å². The lowest BCUT2D eigenvalue weighted by molar-refractivity contribution is -0.137. The monoisotopic (exact) mass is 384 g/mol. The number of carboxylic acid groups (broad SMARTS) is 1. The van der Waals surface area contributed by atoms with Crippen molar-refractivity contribution in [2.45, 2.75) is 19.8 Å². The van der Waals surface area contributed by atoms with E-state index in [0.717, 1.165) is 17.5 Å². The number of rotatable bonds is 10. The highest BCUT2D eigenvalue weighted by atomic mass is 16.5. The van der Waals surface area contributed by atoms with Gasteiger partial charge >= 0.3 is 5.97 Å². The van der Waals surface area contributed by atoms with Crippen LogP contribution in [0, 0.1) is 6.92 Å². The second kappa shape index (κ2) is 10.1. The largest absolute Gasteiger partial charge is 0.483 e. The number of carbonyl (C=O) groups excluding carboxylic acids is 2. The maximum Gasteiger partial charge on any atom is 0.339 e. The van der Waals surface area contributed by atoms with E-state index in [4.69, 9.17) is 10.5 Å². The summed E-state index contributed by atoms with van der Waals surface area (Å²) in [7, 11) is 0. The highest BCUT2D eigenvalue weighted by Crippen LogP contribution is 2.20. The molecule has 2 amide bonds. The molecule has 0 unspecified atom stereocenters. The second-order valence-corrected chi connectivity index (χ2v) is 6.46. The molecular weight excluding hydrogens is 360 g/mol. The van der Waals surface area contributed by atoms with E-state index in [0.29, 0.717) is 13.0 Å². The van der Waals surface area contributed by atoms with Crippen LogP contribution in [-0.4, -0.2) is 47.5 Å². The lowest BCUT2D eigenvalue weighted by Crippen LogP contribution is -2.41. The van der Waals surface area contributed by atoms with Crippen LogP contribution < -0.4 is 10.5 Å². The Labute approximate surface area is 163 Å². The lowest BCUT2D eigenvalue weighted by atomic mass is 10.1. The van der Waals surface area contributed by atoms with Crippen molar-refractivity contribution in [2.24, 2.45) is 5.73 Å². The number of aromatic carboxylic acids is 1. The minimum absolute atomic E-state index is 0.0241. The number of amides is 2. The Morgan fingerprint density at radius 1 is 1.11 bits per heavy atom. The van der Waals surface area contributed by atoms with Crippen molar-refractivity contribution < 1.29 is 24.2 Å². The van der Waals surface area contributed by atoms with E-state index in [-0.39, 0.29) is 24.5 Å². The van der Waals surface area contributed by atoms with Gasteiger partial charge in [-0.2, -0.15) is 0 Å². The minimum Gasteiger partial charge on any atom is -0.483 e. The molecule has 0 radical (unpaired) electrons. The molecule has 148 valence electrons. The van der Waals surface area contributed by atoms with Gasteiger partial charge in [0, 0.05) is 6.54 Å². The van der Waals surface area contributed by atoms with Gasteiger partial charge in [-0.25, -0.2) is 4.79 Å². The number of hydrogen-bond acceptors (Lipinski definition) is 4. The molecule has 0 aliphatic carbocycles. The summed E-state index contributed by atoms with van der Waals surface area (Å²) in [5, 5.41) is 9.24. The maximum atomic E-state index is 12.5. The molecule has 2 aromatic carbocycles. The molecule has 0 fully saturated rings. The number of benzene rings is 2. The summed E-state index contributed by atoms with van der Waals surface area (Å²) in [6, 6.07) is 14.4. The first-order valence-corrected chi connectivity index (χ1v) is 8.93. The molecule has 2 aromatic rings. The summed E-state index contributed by atoms with van der Waals surface area (Å²) >= 11 is 0. The molecule has 0 bridgehead atoms. The summed E-state index contributed by atoms with van der Waals surface area (Å²) in [6.45, 7) is 1.56. The van der Waals surface area contributed by atoms with Crippen LogP contribution >= 0.6 is 0 Å². The normalized spacial score (nSPS) is 10.3. The molecule has 0 aromatic heterocycles. The highest BCUT2D eigenvalue weighted by Gasteiger charge is 2.18. The Balaban J connectivity index is 1.98. The van der Waals surface area contributed by atoms with E-state index >= 15 is 0 Å². The predicted molar refractivity (Wildman–Crippen MR) is 104 cm³/mol. The summed E-state index contributed by atoms with van der Waals surface area (Å²) < 4.78 is 5.44. The van der Waals surface area contributed by atoms with E-state index in [1.54, 1.807) is 19.1 Å². The smallest absolute Gasteiger partial charge is 0.339 e. The van der Waals surface area contributed by atoms with Crippen molar-refractivity contribution in [3.8, 4) is 5.75 Å². The summed E-state index contributed by atoms with van der Waals surface area (Å²) in [4.78, 5) is 36.5. The van der Waals surface area contributed by atoms with Gasteiger partial charge in [0.25, 0.3) is 5.91 Å². The Morgan fingerprint density at radius 2 is 1.82 bits per heavy atom. The number of hydrogen-bond donors (Lipinski definition) is 2. The summed E-state index contributed by atoms with van der Waals surface area (Å²) in [5.41, 5.74) is 7.17. The zero-order valence-electron chi connectivity index (χ0n) is 15.8. The molecular formula is C21H24N2O5. The third kappa shape index (κ3) is 6.42. The third-order valence-corrected chi connectivity index (χ3v) is 4.15. The van der Waals surface area contributed by atoms with Crippen LogP contribution in [0.4, 0.5) is 0 Å². The van der Waals surface area contributed by atoms with E-state index in [2.05, 4.69) is 0 Å². The molecule has 0 aliphatic rings. The van der Waals surface area contributed by atoms with Gasteiger partial charge in [0.1, 0.15) is 11.3 Å². The van der Waals surface area contributed by atoms with Crippen molar-refractivity contribution in [1.82, 2.24) is 4.90 Å². The molecule has 0 heterocycles. The second-order valence-electron chi connectivity index (χ2n) is 6.46. The fourth-order valence-electron chi connectivity index (χ4n) is 2.76. The lowest BCUT2D eigenvalue weighted by Gasteiger charge is -2.21. The van der Waals surface area contributed by atoms with Crippen molar-refractivity contribution >= 4 is 17.8 Å². The van der Waals surface area contributed by atoms with E-state index in [9.17, 15) is 19.5 Å². The molecule has 7 heteroatoms. The van der Waals surface area contributed by atoms with Crippen molar-refractivity contribution in [1.29, 1.82) is 0 Å². The van der Waals surface area contributed by atoms with Crippen LogP contribution in [0.5, 0.6) is 5.75 Å². The molecule has 2 rings (SSSR count). The fourth-order valence-corrected chi connectivity index (χ4v) is 2.76. The molecule has 0 saturated heterocycles. The van der Waals surface area contributed by atoms with Crippen LogP contribution in [0.15, 0.2) is 48.5 Å². The maximum absolute atomic E-state index is 12.5. The van der Waals surface area contributed by atoms with Gasteiger partial charge in [-0.05, 0) is 43.0 Å². The topological polar surface area (TPSA) is 110 Å². The van der Waals surface area contributed by atoms with Crippen molar-refractivity contribution in [2.75, 3.05) is 19.7 Å². The average molecular weight is 384 g/mol. The number of ether oxygens (including phenoxy) is 1. The average Bonchev–Trinajstić information content (AvgIpc) is 2.65. The molecule has 0 atom stereocenters. The van der Waals surface area contributed by atoms with E-state index in [1.165, 1.54) is 11.0 Å². The molecule has 0 aliphatic heterocycles. The standard InChI is InChI=1S/C21H24N2O5/c1-15-9-10-17(21(26)27)18(12-15)28-14-20(25)23(13-19(22)24)11-5-8-16-6-3-2-4-7-16/h2-4,6-7,9-10,12H,5,8,11,13-14H2,1H3,(H2,22,24)(H,26,27). The first kappa shape index (κ1) is 21.0. The van der Waals surface area contributed by atoms with Crippen LogP contribution in [0.3, 0.4) is 0 Å². The van der Waals surface area contributed by atoms with Gasteiger partial charge in [-0.1, -0.05) is 36.4 Å². The number of primary amides is 1. The zero-order chi connectivity index (χ0) is 20.5. The number of nitrogens with two attached hydrogens (primary N) is 1. The number of nitrogens with zero attached hydrogens (tertiary/aromatic N) is 1. The Hall–Kier alpha value is -3.35. The summed E-state index contributed by atoms with van der Waals surface area (Å²) in [6.07, 6.45) is 1.42. The van der Waals surface area contributed by atoms with Gasteiger partial charge in [-0.3, -0.25) is 9.59 Å². The molecule has 7 nitrogen and oxygen atoms in total. The van der Waals surface area contributed by atoms with Crippen molar-refractivity contribution in [3.63, 3.8) is 0 Å². The molecule has 0 saturated carbocycles. The zero-order valence-corrected chi connectivity index (χ0v) is 15.8. The third-order valence-electron chi connectivity index (χ3n) is 4.15. The molecule has 3 N–H and O–H groups in total. The number of aryl methyl sites for hydroxylation is 2. The summed E-state index contributed by atoms with van der Waals surface area (Å²) in [5.74, 6) is -2.07. The van der Waals surface area contributed by atoms with Crippen LogP contribution in [-0.2, 0) is 16.0 Å². The van der Waals surface area contributed by atoms with Gasteiger partial charge in [0.2, 0.25) is 5.91 Å².